The van der Waals surface area contributed by atoms with Crippen LogP contribution in [0.3, 0.4) is 0 Å². The largest absolute Gasteiger partial charge is 0.493 e. The summed E-state index contributed by atoms with van der Waals surface area (Å²) in [7, 11) is -3.35. The molecule has 10 heteroatoms. The Morgan fingerprint density at radius 2 is 2.00 bits per heavy atom. The molecule has 4 aromatic rings. The number of sulfone groups is 1. The minimum absolute atomic E-state index is 0.174. The van der Waals surface area contributed by atoms with Crippen LogP contribution < -0.4 is 4.74 Å². The molecule has 8 nitrogen and oxygen atoms in total. The van der Waals surface area contributed by atoms with Crippen LogP contribution in [0, 0.1) is 0 Å². The Balaban J connectivity index is 1.63. The summed E-state index contributed by atoms with van der Waals surface area (Å²) in [5.74, 6) is 1.50. The SMILES string of the molecule is CC(C)n1ncnc1-c1nc2c(s1)CCOc1ccc(-c3cncc(S(C)(=O)=O)c3)cc1-2. The van der Waals surface area contributed by atoms with Gasteiger partial charge in [0, 0.05) is 47.1 Å². The minimum atomic E-state index is -3.35. The van der Waals surface area contributed by atoms with Crippen LogP contribution in [0.5, 0.6) is 5.75 Å². The molecule has 1 aliphatic rings. The van der Waals surface area contributed by atoms with Crippen LogP contribution in [0.25, 0.3) is 33.2 Å². The summed E-state index contributed by atoms with van der Waals surface area (Å²) in [6, 6.07) is 7.62. The molecule has 0 bridgehead atoms. The van der Waals surface area contributed by atoms with Gasteiger partial charge in [-0.3, -0.25) is 4.98 Å². The fourth-order valence-electron chi connectivity index (χ4n) is 3.66. The van der Waals surface area contributed by atoms with E-state index in [0.717, 1.165) is 50.3 Å². The zero-order chi connectivity index (χ0) is 22.5. The summed E-state index contributed by atoms with van der Waals surface area (Å²) in [5, 5.41) is 5.15. The standard InChI is InChI=1S/C22H21N5O3S2/c1-13(2)27-21(24-12-25-27)22-26-20-17-9-14(4-5-18(17)30-7-6-19(20)31-22)15-8-16(11-23-10-15)32(3,28)29/h4-5,8-13H,6-7H2,1-3H3. The zero-order valence-electron chi connectivity index (χ0n) is 17.8. The van der Waals surface area contributed by atoms with E-state index >= 15 is 0 Å². The summed E-state index contributed by atoms with van der Waals surface area (Å²) >= 11 is 1.60. The number of benzene rings is 1. The highest BCUT2D eigenvalue weighted by Crippen LogP contribution is 2.41. The summed E-state index contributed by atoms with van der Waals surface area (Å²) in [5.41, 5.74) is 3.30. The predicted octanol–water partition coefficient (Wildman–Crippen LogP) is 4.05. The van der Waals surface area contributed by atoms with E-state index < -0.39 is 9.84 Å². The van der Waals surface area contributed by atoms with Crippen LogP contribution in [-0.2, 0) is 16.3 Å². The molecular formula is C22H21N5O3S2. The first-order chi connectivity index (χ1) is 15.3. The highest BCUT2D eigenvalue weighted by Gasteiger charge is 2.24. The first kappa shape index (κ1) is 20.8. The van der Waals surface area contributed by atoms with Crippen molar-refractivity contribution >= 4 is 21.2 Å². The lowest BCUT2D eigenvalue weighted by atomic mass is 10.0. The second-order valence-corrected chi connectivity index (χ2v) is 11.0. The van der Waals surface area contributed by atoms with Crippen LogP contribution >= 0.6 is 11.3 Å². The molecule has 3 aromatic heterocycles. The topological polar surface area (TPSA) is 99.9 Å². The average Bonchev–Trinajstić information content (AvgIpc) is 3.37. The molecule has 0 fully saturated rings. The fourth-order valence-corrected chi connectivity index (χ4v) is 5.30. The van der Waals surface area contributed by atoms with Gasteiger partial charge >= 0.3 is 0 Å². The van der Waals surface area contributed by atoms with E-state index in [-0.39, 0.29) is 10.9 Å². The Kier molecular flexibility index (Phi) is 5.06. The highest BCUT2D eigenvalue weighted by molar-refractivity contribution is 7.90. The Morgan fingerprint density at radius 3 is 2.78 bits per heavy atom. The molecule has 0 saturated heterocycles. The Bertz CT molecular complexity index is 1420. The van der Waals surface area contributed by atoms with Crippen molar-refractivity contribution in [3.8, 4) is 39.0 Å². The van der Waals surface area contributed by atoms with Crippen molar-refractivity contribution in [2.75, 3.05) is 12.9 Å². The molecule has 0 N–H and O–H groups in total. The van der Waals surface area contributed by atoms with E-state index in [1.165, 1.54) is 12.5 Å². The quantitative estimate of drug-likeness (QED) is 0.446. The maximum absolute atomic E-state index is 12.0. The van der Waals surface area contributed by atoms with Gasteiger partial charge in [-0.25, -0.2) is 23.1 Å². The second kappa shape index (κ2) is 7.79. The number of fused-ring (bicyclic) bond motifs is 3. The maximum Gasteiger partial charge on any atom is 0.187 e. The molecule has 0 unspecified atom stereocenters. The average molecular weight is 468 g/mol. The van der Waals surface area contributed by atoms with E-state index in [9.17, 15) is 8.42 Å². The van der Waals surface area contributed by atoms with Crippen molar-refractivity contribution in [2.24, 2.45) is 0 Å². The van der Waals surface area contributed by atoms with E-state index in [2.05, 4.69) is 28.9 Å². The van der Waals surface area contributed by atoms with Gasteiger partial charge in [0.15, 0.2) is 20.7 Å². The van der Waals surface area contributed by atoms with Crippen molar-refractivity contribution < 1.29 is 13.2 Å². The third-order valence-corrected chi connectivity index (χ3v) is 7.44. The first-order valence-corrected chi connectivity index (χ1v) is 12.8. The maximum atomic E-state index is 12.0. The summed E-state index contributed by atoms with van der Waals surface area (Å²) < 4.78 is 31.8. The molecule has 32 heavy (non-hydrogen) atoms. The summed E-state index contributed by atoms with van der Waals surface area (Å²) in [6.45, 7) is 4.68. The number of pyridine rings is 1. The Morgan fingerprint density at radius 1 is 1.16 bits per heavy atom. The van der Waals surface area contributed by atoms with Gasteiger partial charge < -0.3 is 4.74 Å². The van der Waals surface area contributed by atoms with Gasteiger partial charge in [0.25, 0.3) is 0 Å². The molecule has 4 heterocycles. The lowest BCUT2D eigenvalue weighted by molar-refractivity contribution is 0.327. The molecule has 0 amide bonds. The lowest BCUT2D eigenvalue weighted by Gasteiger charge is -2.10. The van der Waals surface area contributed by atoms with Gasteiger partial charge in [0.2, 0.25) is 0 Å². The van der Waals surface area contributed by atoms with E-state index in [4.69, 9.17) is 9.72 Å². The third-order valence-electron chi connectivity index (χ3n) is 5.25. The lowest BCUT2D eigenvalue weighted by Crippen LogP contribution is -2.04. The van der Waals surface area contributed by atoms with Crippen molar-refractivity contribution in [3.05, 3.63) is 47.9 Å². The van der Waals surface area contributed by atoms with E-state index in [1.54, 1.807) is 29.9 Å². The molecule has 0 spiro atoms. The fraction of sp³-hybridized carbons (Fsp3) is 0.273. The number of ether oxygens (including phenoxy) is 1. The number of hydrogen-bond acceptors (Lipinski definition) is 8. The molecule has 0 radical (unpaired) electrons. The van der Waals surface area contributed by atoms with Gasteiger partial charge in [-0.2, -0.15) is 5.10 Å². The van der Waals surface area contributed by atoms with Crippen LogP contribution in [0.4, 0.5) is 0 Å². The minimum Gasteiger partial charge on any atom is -0.493 e. The zero-order valence-corrected chi connectivity index (χ0v) is 19.4. The van der Waals surface area contributed by atoms with Crippen LogP contribution in [0.15, 0.2) is 47.9 Å². The molecule has 0 atom stereocenters. The van der Waals surface area contributed by atoms with Crippen molar-refractivity contribution in [3.63, 3.8) is 0 Å². The number of aromatic nitrogens is 5. The molecule has 5 rings (SSSR count). The van der Waals surface area contributed by atoms with Gasteiger partial charge in [-0.1, -0.05) is 6.07 Å². The molecule has 0 saturated carbocycles. The van der Waals surface area contributed by atoms with Crippen LogP contribution in [0.1, 0.15) is 24.8 Å². The van der Waals surface area contributed by atoms with Gasteiger partial charge in [0.05, 0.1) is 17.2 Å². The smallest absolute Gasteiger partial charge is 0.187 e. The summed E-state index contributed by atoms with van der Waals surface area (Å²) in [4.78, 5) is 14.8. The number of thiazole rings is 1. The van der Waals surface area contributed by atoms with Gasteiger partial charge in [-0.15, -0.1) is 11.3 Å². The Hall–Kier alpha value is -3.11. The van der Waals surface area contributed by atoms with Gasteiger partial charge in [0.1, 0.15) is 12.1 Å². The normalized spacial score (nSPS) is 13.4. The second-order valence-electron chi connectivity index (χ2n) is 7.90. The molecular weight excluding hydrogens is 446 g/mol. The number of hydrogen-bond donors (Lipinski definition) is 0. The van der Waals surface area contributed by atoms with E-state index in [0.29, 0.717) is 6.61 Å². The van der Waals surface area contributed by atoms with Crippen molar-refractivity contribution in [1.82, 2.24) is 24.7 Å². The van der Waals surface area contributed by atoms with Crippen LogP contribution in [0.2, 0.25) is 0 Å². The molecule has 0 aliphatic carbocycles. The number of rotatable bonds is 4. The first-order valence-electron chi connectivity index (χ1n) is 10.1. The molecule has 1 aromatic carbocycles. The van der Waals surface area contributed by atoms with Crippen molar-refractivity contribution in [2.45, 2.75) is 31.2 Å². The number of nitrogens with zero attached hydrogens (tertiary/aromatic N) is 5. The van der Waals surface area contributed by atoms with Crippen molar-refractivity contribution in [1.29, 1.82) is 0 Å². The highest BCUT2D eigenvalue weighted by atomic mass is 32.2. The van der Waals surface area contributed by atoms with Crippen LogP contribution in [-0.4, -0.2) is 46.0 Å². The molecule has 1 aliphatic heterocycles. The summed E-state index contributed by atoms with van der Waals surface area (Å²) in [6.07, 6.45) is 6.50. The predicted molar refractivity (Wildman–Crippen MR) is 122 cm³/mol. The van der Waals surface area contributed by atoms with E-state index in [1.807, 2.05) is 22.9 Å². The monoisotopic (exact) mass is 467 g/mol. The third kappa shape index (κ3) is 3.69. The van der Waals surface area contributed by atoms with Gasteiger partial charge in [-0.05, 0) is 37.6 Å². The Labute approximate surface area is 189 Å². The molecule has 164 valence electrons.